The Morgan fingerprint density at radius 3 is 2.04 bits per heavy atom. The zero-order chi connectivity index (χ0) is 54.1. The number of hydrogen-bond acceptors (Lipinski definition) is 8. The summed E-state index contributed by atoms with van der Waals surface area (Å²) in [5.41, 5.74) is 9.38. The minimum atomic E-state index is -2.29. The molecule has 4 heterocycles. The summed E-state index contributed by atoms with van der Waals surface area (Å²) in [6.07, 6.45) is 4.31. The number of aromatic nitrogens is 1. The van der Waals surface area contributed by atoms with Gasteiger partial charge in [-0.05, 0) is 180 Å². The van der Waals surface area contributed by atoms with Crippen molar-refractivity contribution >= 4 is 37.6 Å². The van der Waals surface area contributed by atoms with Crippen molar-refractivity contribution in [3.05, 3.63) is 130 Å². The third-order valence-corrected chi connectivity index (χ3v) is 21.8. The van der Waals surface area contributed by atoms with Gasteiger partial charge in [0.1, 0.15) is 23.2 Å². The Kier molecular flexibility index (Phi) is 16.4. The number of anilines is 2. The van der Waals surface area contributed by atoms with Crippen LogP contribution in [0.2, 0.25) is 16.6 Å². The highest BCUT2D eigenvalue weighted by atomic mass is 28.4. The number of amides is 3. The summed E-state index contributed by atoms with van der Waals surface area (Å²) in [7, 11) is -0.342. The molecule has 0 radical (unpaired) electrons. The van der Waals surface area contributed by atoms with Crippen LogP contribution in [-0.4, -0.2) is 89.4 Å². The summed E-state index contributed by atoms with van der Waals surface area (Å²) in [5.74, 6) is 0.825. The second-order valence-electron chi connectivity index (χ2n) is 23.3. The first-order chi connectivity index (χ1) is 35.6. The molecular weight excluding hydrogens is 953 g/mol. The van der Waals surface area contributed by atoms with Crippen molar-refractivity contribution in [3.8, 4) is 28.8 Å². The van der Waals surface area contributed by atoms with Gasteiger partial charge in [0.15, 0.2) is 0 Å². The van der Waals surface area contributed by atoms with Gasteiger partial charge in [0.25, 0.3) is 20.1 Å². The Balaban J connectivity index is 1.24. The smallest absolute Gasteiger partial charge is 0.410 e. The predicted molar refractivity (Wildman–Crippen MR) is 302 cm³/mol. The van der Waals surface area contributed by atoms with E-state index in [-0.39, 0.29) is 30.1 Å². The van der Waals surface area contributed by atoms with Crippen molar-refractivity contribution in [2.75, 3.05) is 31.1 Å². The van der Waals surface area contributed by atoms with E-state index in [2.05, 4.69) is 81.7 Å². The van der Waals surface area contributed by atoms with Gasteiger partial charge in [0, 0.05) is 67.5 Å². The maximum Gasteiger partial charge on any atom is 0.410 e. The molecule has 0 saturated carbocycles. The van der Waals surface area contributed by atoms with Crippen LogP contribution >= 0.6 is 0 Å². The summed E-state index contributed by atoms with van der Waals surface area (Å²) in [4.78, 5) is 53.0. The van der Waals surface area contributed by atoms with E-state index < -0.39 is 13.9 Å². The Morgan fingerprint density at radius 1 is 0.760 bits per heavy atom. The fourth-order valence-corrected chi connectivity index (χ4v) is 17.3. The van der Waals surface area contributed by atoms with Crippen LogP contribution in [0.25, 0.3) is 11.3 Å². The topological polar surface area (TPSA) is 121 Å². The highest BCUT2D eigenvalue weighted by Gasteiger charge is 2.47. The molecule has 75 heavy (non-hydrogen) atoms. The molecule has 0 unspecified atom stereocenters. The molecule has 12 nitrogen and oxygen atoms in total. The number of carbonyl (C=O) groups excluding carboxylic acids is 3. The molecule has 1 aromatic heterocycles. The molecule has 13 heteroatoms. The number of carbonyl (C=O) groups is 3. The molecule has 1 saturated heterocycles. The van der Waals surface area contributed by atoms with Crippen LogP contribution in [0.5, 0.6) is 11.5 Å². The van der Waals surface area contributed by atoms with E-state index in [1.807, 2.05) is 102 Å². The van der Waals surface area contributed by atoms with E-state index in [1.54, 1.807) is 21.9 Å². The number of hydrogen-bond donors (Lipinski definition) is 0. The van der Waals surface area contributed by atoms with E-state index in [0.29, 0.717) is 82.2 Å². The molecule has 0 aliphatic carbocycles. The van der Waals surface area contributed by atoms with Crippen molar-refractivity contribution in [1.82, 2.24) is 19.3 Å². The summed E-state index contributed by atoms with van der Waals surface area (Å²) in [6.45, 7) is 29.0. The zero-order valence-corrected chi connectivity index (χ0v) is 47.9. The van der Waals surface area contributed by atoms with Gasteiger partial charge in [-0.2, -0.15) is 5.26 Å². The average Bonchev–Trinajstić information content (AvgIpc) is 3.67. The van der Waals surface area contributed by atoms with E-state index in [0.717, 1.165) is 72.6 Å². The summed E-state index contributed by atoms with van der Waals surface area (Å²) in [6, 6.07) is 29.8. The second kappa shape index (κ2) is 22.5. The van der Waals surface area contributed by atoms with Crippen LogP contribution in [0.3, 0.4) is 0 Å². The number of nitriles is 1. The van der Waals surface area contributed by atoms with Crippen LogP contribution in [0.15, 0.2) is 84.9 Å². The molecule has 0 spiro atoms. The van der Waals surface area contributed by atoms with E-state index in [9.17, 15) is 10.1 Å². The average molecular weight is 1030 g/mol. The van der Waals surface area contributed by atoms with Crippen molar-refractivity contribution in [3.63, 3.8) is 0 Å². The Hall–Kier alpha value is -6.36. The fraction of sp³-hybridized carbons (Fsp3) is 0.484. The first-order valence-corrected chi connectivity index (χ1v) is 29.5. The Labute approximate surface area is 447 Å². The first kappa shape index (κ1) is 54.9. The molecule has 1 atom stereocenters. The number of rotatable bonds is 14. The van der Waals surface area contributed by atoms with Gasteiger partial charge in [-0.25, -0.2) is 4.79 Å². The minimum Gasteiger partial charge on any atom is -0.543 e. The van der Waals surface area contributed by atoms with Gasteiger partial charge >= 0.3 is 6.09 Å². The lowest BCUT2D eigenvalue weighted by atomic mass is 9.89. The number of benzene rings is 4. The van der Waals surface area contributed by atoms with Crippen LogP contribution in [0.1, 0.15) is 150 Å². The van der Waals surface area contributed by atoms with Crippen LogP contribution < -0.4 is 14.1 Å². The van der Waals surface area contributed by atoms with Crippen molar-refractivity contribution in [2.45, 2.75) is 163 Å². The first-order valence-electron chi connectivity index (χ1n) is 27.3. The largest absolute Gasteiger partial charge is 0.543 e. The summed E-state index contributed by atoms with van der Waals surface area (Å²) >= 11 is 0. The van der Waals surface area contributed by atoms with E-state index in [1.165, 1.54) is 12.0 Å². The highest BCUT2D eigenvalue weighted by molar-refractivity contribution is 6.78. The molecule has 8 rings (SSSR count). The van der Waals surface area contributed by atoms with Gasteiger partial charge < -0.3 is 33.2 Å². The molecule has 3 aliphatic heterocycles. The standard InChI is InChI=1S/C62H80N6O6Si/c1-40(2)72-58-26-23-51(32-48(58)36-63)68(50-21-24-53(25-22-50)74-75(41(3)4,42(5)6)43(7)8)60(70)54-35-57(64(13)44(54)9)55-33-46-27-30-66(61(71)73-62(10,11)12)37-49(46)34-56(55)59(69)67-38-47-20-16-15-19-45(47)31-52(67)39-65-28-17-14-18-29-65/h15-16,19-26,32-35,40-43,52H,14,17-18,27-31,37-39H2,1-13H3/t52-/m0/s1. The molecule has 1 fully saturated rings. The monoisotopic (exact) mass is 1030 g/mol. The molecule has 3 aliphatic rings. The lowest BCUT2D eigenvalue weighted by Gasteiger charge is -2.42. The van der Waals surface area contributed by atoms with E-state index in [4.69, 9.17) is 13.9 Å². The molecule has 0 N–H and O–H groups in total. The third-order valence-electron chi connectivity index (χ3n) is 15.8. The Morgan fingerprint density at radius 2 is 1.41 bits per heavy atom. The lowest BCUT2D eigenvalue weighted by molar-refractivity contribution is 0.0224. The maximum atomic E-state index is 15.8. The molecular formula is C62H80N6O6Si. The number of fused-ring (bicyclic) bond motifs is 2. The predicted octanol–water partition coefficient (Wildman–Crippen LogP) is 13.5. The van der Waals surface area contributed by atoms with Crippen LogP contribution in [-0.2, 0) is 37.7 Å². The third kappa shape index (κ3) is 11.6. The van der Waals surface area contributed by atoms with Gasteiger partial charge in [0.05, 0.1) is 22.9 Å². The molecule has 0 bridgehead atoms. The normalized spacial score (nSPS) is 16.2. The zero-order valence-electron chi connectivity index (χ0n) is 46.9. The molecule has 4 aromatic carbocycles. The number of piperidine rings is 1. The molecule has 5 aromatic rings. The van der Waals surface area contributed by atoms with Gasteiger partial charge in [-0.15, -0.1) is 0 Å². The number of nitrogens with zero attached hydrogens (tertiary/aromatic N) is 6. The minimum absolute atomic E-state index is 0.0548. The highest BCUT2D eigenvalue weighted by Crippen LogP contribution is 2.44. The summed E-state index contributed by atoms with van der Waals surface area (Å²) in [5, 5.41) is 10.4. The quantitative estimate of drug-likeness (QED) is 0.101. The van der Waals surface area contributed by atoms with Crippen molar-refractivity contribution < 1.29 is 28.3 Å². The van der Waals surface area contributed by atoms with Gasteiger partial charge in [-0.3, -0.25) is 14.5 Å². The lowest BCUT2D eigenvalue weighted by Crippen LogP contribution is -2.51. The maximum absolute atomic E-state index is 15.8. The second-order valence-corrected chi connectivity index (χ2v) is 28.7. The van der Waals surface area contributed by atoms with E-state index >= 15 is 9.59 Å². The van der Waals surface area contributed by atoms with Crippen LogP contribution in [0.4, 0.5) is 16.2 Å². The Bertz CT molecular complexity index is 2920. The number of likely N-dealkylation sites (tertiary alicyclic amines) is 1. The number of ether oxygens (including phenoxy) is 2. The SMILES string of the molecule is Cc1c(C(=O)N(c2ccc(O[Si](C(C)C)(C(C)C)C(C)C)cc2)c2ccc(OC(C)C)c(C#N)c2)cc(-c2cc3c(cc2C(=O)N2Cc4ccccc4C[C@H]2CN2CCCCC2)CN(C(=O)OC(C)(C)C)CC3)n1C. The van der Waals surface area contributed by atoms with Gasteiger partial charge in [-0.1, -0.05) is 72.2 Å². The van der Waals surface area contributed by atoms with Crippen LogP contribution in [0, 0.1) is 18.3 Å². The van der Waals surface area contributed by atoms with Crippen molar-refractivity contribution in [1.29, 1.82) is 5.26 Å². The van der Waals surface area contributed by atoms with Gasteiger partial charge in [0.2, 0.25) is 0 Å². The summed E-state index contributed by atoms with van der Waals surface area (Å²) < 4.78 is 21.0. The van der Waals surface area contributed by atoms with Crippen molar-refractivity contribution in [2.24, 2.45) is 7.05 Å². The molecule has 398 valence electrons. The molecule has 3 amide bonds. The fourth-order valence-electron chi connectivity index (χ4n) is 12.1.